The topological polar surface area (TPSA) is 98.0 Å². The maximum atomic E-state index is 13.0. The van der Waals surface area contributed by atoms with E-state index in [2.05, 4.69) is 15.1 Å². The molecular weight excluding hydrogens is 372 g/mol. The van der Waals surface area contributed by atoms with Crippen LogP contribution in [0.3, 0.4) is 0 Å². The van der Waals surface area contributed by atoms with Crippen molar-refractivity contribution in [2.45, 2.75) is 24.8 Å². The Morgan fingerprint density at radius 3 is 2.41 bits per heavy atom. The lowest BCUT2D eigenvalue weighted by atomic mass is 10.2. The van der Waals surface area contributed by atoms with Crippen LogP contribution in [0.1, 0.15) is 24.7 Å². The highest BCUT2D eigenvalue weighted by Gasteiger charge is 2.32. The first-order valence-corrected chi connectivity index (χ1v) is 10.3. The minimum absolute atomic E-state index is 0.0506. The van der Waals surface area contributed by atoms with E-state index in [-0.39, 0.29) is 10.9 Å². The zero-order chi connectivity index (χ0) is 19.0. The Labute approximate surface area is 157 Å². The molecule has 1 aromatic carbocycles. The van der Waals surface area contributed by atoms with E-state index in [1.807, 2.05) is 6.92 Å². The summed E-state index contributed by atoms with van der Waals surface area (Å²) in [6.45, 7) is 6.60. The van der Waals surface area contributed by atoms with E-state index in [4.69, 9.17) is 13.9 Å². The summed E-state index contributed by atoms with van der Waals surface area (Å²) in [5.74, 6) is 2.13. The molecule has 1 aromatic heterocycles. The number of hydrogen-bond acceptors (Lipinski definition) is 8. The van der Waals surface area contributed by atoms with Crippen molar-refractivity contribution in [3.63, 3.8) is 0 Å². The number of fused-ring (bicyclic) bond motifs is 1. The van der Waals surface area contributed by atoms with E-state index in [1.54, 1.807) is 25.1 Å². The summed E-state index contributed by atoms with van der Waals surface area (Å²) in [5.41, 5.74) is 0. The summed E-state index contributed by atoms with van der Waals surface area (Å²) in [6, 6.07) is 4.71. The normalized spacial score (nSPS) is 19.8. The van der Waals surface area contributed by atoms with Crippen molar-refractivity contribution < 1.29 is 22.3 Å². The van der Waals surface area contributed by atoms with E-state index < -0.39 is 10.0 Å². The third-order valence-electron chi connectivity index (χ3n) is 4.87. The van der Waals surface area contributed by atoms with Crippen molar-refractivity contribution in [3.05, 3.63) is 30.0 Å². The molecule has 1 atom stereocenters. The predicted octanol–water partition coefficient (Wildman–Crippen LogP) is 1.22. The van der Waals surface area contributed by atoms with Gasteiger partial charge in [0.05, 0.1) is 10.9 Å². The Bertz CT molecular complexity index is 921. The molecule has 0 N–H and O–H groups in total. The fourth-order valence-electron chi connectivity index (χ4n) is 3.30. The first-order valence-electron chi connectivity index (χ1n) is 8.89. The highest BCUT2D eigenvalue weighted by Crippen LogP contribution is 2.33. The molecule has 4 rings (SSSR count). The second kappa shape index (κ2) is 7.10. The van der Waals surface area contributed by atoms with Crippen LogP contribution in [0.5, 0.6) is 11.5 Å². The maximum absolute atomic E-state index is 13.0. The van der Waals surface area contributed by atoms with E-state index in [1.165, 1.54) is 4.31 Å². The van der Waals surface area contributed by atoms with Crippen LogP contribution >= 0.6 is 0 Å². The first-order chi connectivity index (χ1) is 12.9. The Morgan fingerprint density at radius 1 is 1.04 bits per heavy atom. The van der Waals surface area contributed by atoms with Crippen LogP contribution in [0.2, 0.25) is 0 Å². The number of aryl methyl sites for hydroxylation is 1. The van der Waals surface area contributed by atoms with Gasteiger partial charge in [-0.3, -0.25) is 4.90 Å². The van der Waals surface area contributed by atoms with Crippen molar-refractivity contribution >= 4 is 10.0 Å². The molecule has 0 radical (unpaired) electrons. The predicted molar refractivity (Wildman–Crippen MR) is 95.2 cm³/mol. The SMILES string of the molecule is Cc1nnc(C(C)N2CCN(S(=O)(=O)c3ccc4c(c3)OCCO4)CC2)o1. The second-order valence-corrected chi connectivity index (χ2v) is 8.52. The summed E-state index contributed by atoms with van der Waals surface area (Å²) in [7, 11) is -3.59. The molecule has 1 fully saturated rings. The fraction of sp³-hybridized carbons (Fsp3) is 0.529. The van der Waals surface area contributed by atoms with Gasteiger partial charge in [0.1, 0.15) is 13.2 Å². The second-order valence-electron chi connectivity index (χ2n) is 6.58. The largest absolute Gasteiger partial charge is 0.486 e. The van der Waals surface area contributed by atoms with Gasteiger partial charge < -0.3 is 13.9 Å². The molecule has 0 spiro atoms. The molecule has 1 saturated heterocycles. The lowest BCUT2D eigenvalue weighted by Gasteiger charge is -2.36. The molecule has 10 heteroatoms. The molecule has 9 nitrogen and oxygen atoms in total. The molecule has 0 aliphatic carbocycles. The lowest BCUT2D eigenvalue weighted by molar-refractivity contribution is 0.128. The third-order valence-corrected chi connectivity index (χ3v) is 6.77. The molecule has 2 aromatic rings. The number of sulfonamides is 1. The number of piperazine rings is 1. The van der Waals surface area contributed by atoms with Gasteiger partial charge in [-0.05, 0) is 19.1 Å². The third kappa shape index (κ3) is 3.52. The van der Waals surface area contributed by atoms with Crippen molar-refractivity contribution in [1.82, 2.24) is 19.4 Å². The van der Waals surface area contributed by atoms with Crippen molar-refractivity contribution in [3.8, 4) is 11.5 Å². The molecule has 0 amide bonds. The number of nitrogens with zero attached hydrogens (tertiary/aromatic N) is 4. The smallest absolute Gasteiger partial charge is 0.243 e. The monoisotopic (exact) mass is 394 g/mol. The zero-order valence-corrected chi connectivity index (χ0v) is 16.1. The van der Waals surface area contributed by atoms with Gasteiger partial charge in [0, 0.05) is 39.2 Å². The van der Waals surface area contributed by atoms with Gasteiger partial charge in [-0.1, -0.05) is 0 Å². The molecule has 2 aliphatic heterocycles. The highest BCUT2D eigenvalue weighted by atomic mass is 32.2. The van der Waals surface area contributed by atoms with Crippen LogP contribution in [0.15, 0.2) is 27.5 Å². The Hall–Kier alpha value is -2.17. The highest BCUT2D eigenvalue weighted by molar-refractivity contribution is 7.89. The molecule has 3 heterocycles. The van der Waals surface area contributed by atoms with E-state index in [0.29, 0.717) is 62.7 Å². The first kappa shape index (κ1) is 18.2. The van der Waals surface area contributed by atoms with Crippen LogP contribution in [0.25, 0.3) is 0 Å². The van der Waals surface area contributed by atoms with E-state index >= 15 is 0 Å². The lowest BCUT2D eigenvalue weighted by Crippen LogP contribution is -2.49. The molecule has 27 heavy (non-hydrogen) atoms. The summed E-state index contributed by atoms with van der Waals surface area (Å²) in [5, 5.41) is 7.92. The Morgan fingerprint density at radius 2 is 1.74 bits per heavy atom. The summed E-state index contributed by atoms with van der Waals surface area (Å²) in [4.78, 5) is 2.36. The maximum Gasteiger partial charge on any atom is 0.243 e. The molecule has 146 valence electrons. The van der Waals surface area contributed by atoms with Gasteiger partial charge in [0.25, 0.3) is 0 Å². The molecule has 2 aliphatic rings. The Kier molecular flexibility index (Phi) is 4.79. The number of ether oxygens (including phenoxy) is 2. The number of benzene rings is 1. The van der Waals surface area contributed by atoms with Crippen LogP contribution in [0.4, 0.5) is 0 Å². The number of hydrogen-bond donors (Lipinski definition) is 0. The van der Waals surface area contributed by atoms with E-state index in [0.717, 1.165) is 0 Å². The van der Waals surface area contributed by atoms with Gasteiger partial charge >= 0.3 is 0 Å². The number of rotatable bonds is 4. The molecule has 0 saturated carbocycles. The van der Waals surface area contributed by atoms with Crippen LogP contribution in [0, 0.1) is 6.92 Å². The minimum Gasteiger partial charge on any atom is -0.486 e. The summed E-state index contributed by atoms with van der Waals surface area (Å²) >= 11 is 0. The summed E-state index contributed by atoms with van der Waals surface area (Å²) < 4.78 is 43.9. The van der Waals surface area contributed by atoms with Gasteiger partial charge in [-0.2, -0.15) is 4.31 Å². The summed E-state index contributed by atoms with van der Waals surface area (Å²) in [6.07, 6.45) is 0. The average Bonchev–Trinajstić information content (AvgIpc) is 3.13. The zero-order valence-electron chi connectivity index (χ0n) is 15.3. The number of aromatic nitrogens is 2. The van der Waals surface area contributed by atoms with Gasteiger partial charge in [0.15, 0.2) is 11.5 Å². The van der Waals surface area contributed by atoms with Crippen molar-refractivity contribution in [2.24, 2.45) is 0 Å². The standard InChI is InChI=1S/C17H22N4O5S/c1-12(17-19-18-13(2)26-17)20-5-7-21(8-6-20)27(22,23)14-3-4-15-16(11-14)25-10-9-24-15/h3-4,11-12H,5-10H2,1-2H3. The van der Waals surface area contributed by atoms with Gasteiger partial charge in [0.2, 0.25) is 21.8 Å². The Balaban J connectivity index is 1.45. The molecule has 1 unspecified atom stereocenters. The van der Waals surface area contributed by atoms with Gasteiger partial charge in [-0.15, -0.1) is 10.2 Å². The van der Waals surface area contributed by atoms with Crippen LogP contribution in [-0.2, 0) is 10.0 Å². The van der Waals surface area contributed by atoms with Crippen molar-refractivity contribution in [1.29, 1.82) is 0 Å². The van der Waals surface area contributed by atoms with Crippen LogP contribution in [-0.4, -0.2) is 67.2 Å². The van der Waals surface area contributed by atoms with Crippen LogP contribution < -0.4 is 9.47 Å². The fourth-order valence-corrected chi connectivity index (χ4v) is 4.74. The molecular formula is C17H22N4O5S. The quantitative estimate of drug-likeness (QED) is 0.763. The van der Waals surface area contributed by atoms with Crippen molar-refractivity contribution in [2.75, 3.05) is 39.4 Å². The van der Waals surface area contributed by atoms with E-state index in [9.17, 15) is 8.42 Å². The molecule has 0 bridgehead atoms. The van der Waals surface area contributed by atoms with Gasteiger partial charge in [-0.25, -0.2) is 8.42 Å². The minimum atomic E-state index is -3.59. The average molecular weight is 394 g/mol.